The van der Waals surface area contributed by atoms with Crippen LogP contribution in [0.25, 0.3) is 0 Å². The van der Waals surface area contributed by atoms with Crippen LogP contribution in [0, 0.1) is 0 Å². The molecule has 1 aliphatic carbocycles. The Balaban J connectivity index is 1.64. The number of nitrogens with one attached hydrogen (secondary N) is 1. The van der Waals surface area contributed by atoms with Gasteiger partial charge in [0.1, 0.15) is 16.7 Å². The molecule has 3 amide bonds. The zero-order chi connectivity index (χ0) is 26.8. The molecule has 1 unspecified atom stereocenters. The van der Waals surface area contributed by atoms with E-state index in [-0.39, 0.29) is 35.0 Å². The predicted octanol–water partition coefficient (Wildman–Crippen LogP) is 3.01. The van der Waals surface area contributed by atoms with E-state index in [1.165, 1.54) is 4.90 Å². The molecule has 0 bridgehead atoms. The second kappa shape index (κ2) is 10.6. The van der Waals surface area contributed by atoms with Crippen LogP contribution in [-0.4, -0.2) is 42.0 Å². The molecule has 1 fully saturated rings. The van der Waals surface area contributed by atoms with Gasteiger partial charge in [-0.1, -0.05) is 25.0 Å². The van der Waals surface area contributed by atoms with Gasteiger partial charge in [0.2, 0.25) is 12.7 Å². The first-order chi connectivity index (χ1) is 18.4. The summed E-state index contributed by atoms with van der Waals surface area (Å²) in [5.74, 6) is -0.272. The zero-order valence-corrected chi connectivity index (χ0v) is 21.5. The number of anilines is 2. The van der Waals surface area contributed by atoms with Gasteiger partial charge in [-0.05, 0) is 54.2 Å². The molecular formula is C26H27N5O6S. The summed E-state index contributed by atoms with van der Waals surface area (Å²) in [5, 5.41) is 3.12. The number of nitrogens with two attached hydrogens (primary N) is 2. The van der Waals surface area contributed by atoms with Crippen LogP contribution in [-0.2, 0) is 4.79 Å². The number of hydrogen-bond donors (Lipinski definition) is 3. The molecule has 38 heavy (non-hydrogen) atoms. The number of ether oxygens (including phenoxy) is 3. The Bertz CT molecular complexity index is 1370. The number of carbonyl (C=O) groups is 3. The fraction of sp³-hybridized carbons (Fsp3) is 0.308. The van der Waals surface area contributed by atoms with Gasteiger partial charge in [-0.3, -0.25) is 19.3 Å². The molecule has 0 radical (unpaired) electrons. The Morgan fingerprint density at radius 3 is 2.47 bits per heavy atom. The minimum atomic E-state index is -1.09. The van der Waals surface area contributed by atoms with Crippen molar-refractivity contribution in [1.82, 2.24) is 9.69 Å². The molecule has 1 aliphatic heterocycles. The van der Waals surface area contributed by atoms with E-state index < -0.39 is 17.9 Å². The summed E-state index contributed by atoms with van der Waals surface area (Å²) in [7, 11) is 1.55. The van der Waals surface area contributed by atoms with Gasteiger partial charge >= 0.3 is 0 Å². The Kier molecular flexibility index (Phi) is 7.05. The standard InChI is InChI=1S/C26H27N5O6S/c1-35-17-9-6-14(7-10-17)22(25(33)29-15-4-2-3-5-15)31(16-8-11-18-19(12-16)37-13-36-18)26(34)23-20(27)21(24(28)32)30-38-23/h6-12,15,22H,2-5,13,27H2,1H3,(H2,28,32)(H,29,33). The fourth-order valence-electron chi connectivity index (χ4n) is 4.71. The van der Waals surface area contributed by atoms with Crippen LogP contribution < -0.4 is 35.9 Å². The first kappa shape index (κ1) is 25.3. The third kappa shape index (κ3) is 4.82. The number of carbonyl (C=O) groups excluding carboxylic acids is 3. The number of benzene rings is 2. The van der Waals surface area contributed by atoms with E-state index >= 15 is 0 Å². The molecule has 198 valence electrons. The van der Waals surface area contributed by atoms with Crippen molar-refractivity contribution < 1.29 is 28.6 Å². The van der Waals surface area contributed by atoms with Crippen LogP contribution in [0.1, 0.15) is 57.4 Å². The molecule has 1 atom stereocenters. The summed E-state index contributed by atoms with van der Waals surface area (Å²) < 4.78 is 20.3. The molecular weight excluding hydrogens is 510 g/mol. The summed E-state index contributed by atoms with van der Waals surface area (Å²) in [5.41, 5.74) is 12.1. The third-order valence-corrected chi connectivity index (χ3v) is 7.50. The minimum Gasteiger partial charge on any atom is -0.497 e. The highest BCUT2D eigenvalue weighted by molar-refractivity contribution is 7.09. The Labute approximate surface area is 222 Å². The molecule has 1 saturated carbocycles. The number of nitrogen functional groups attached to an aromatic ring is 1. The molecule has 2 aliphatic rings. The van der Waals surface area contributed by atoms with Crippen molar-refractivity contribution in [1.29, 1.82) is 0 Å². The molecule has 0 saturated heterocycles. The number of rotatable bonds is 8. The number of amides is 3. The van der Waals surface area contributed by atoms with Crippen molar-refractivity contribution in [3.8, 4) is 17.2 Å². The maximum atomic E-state index is 14.2. The SMILES string of the molecule is COc1ccc(C(C(=O)NC2CCCC2)N(C(=O)c2snc(C(N)=O)c2N)c2ccc3c(c2)OCO3)cc1. The van der Waals surface area contributed by atoms with Crippen LogP contribution in [0.5, 0.6) is 17.2 Å². The quantitative estimate of drug-likeness (QED) is 0.395. The van der Waals surface area contributed by atoms with E-state index in [1.54, 1.807) is 49.6 Å². The van der Waals surface area contributed by atoms with Crippen LogP contribution >= 0.6 is 11.5 Å². The number of fused-ring (bicyclic) bond motifs is 1. The van der Waals surface area contributed by atoms with Crippen LogP contribution in [0.2, 0.25) is 0 Å². The lowest BCUT2D eigenvalue weighted by Crippen LogP contribution is -2.46. The number of methoxy groups -OCH3 is 1. The van der Waals surface area contributed by atoms with E-state index in [9.17, 15) is 14.4 Å². The first-order valence-corrected chi connectivity index (χ1v) is 12.9. The Hall–Kier alpha value is -4.32. The van der Waals surface area contributed by atoms with Gasteiger partial charge in [0, 0.05) is 17.8 Å². The molecule has 5 N–H and O–H groups in total. The van der Waals surface area contributed by atoms with Gasteiger partial charge in [0.25, 0.3) is 11.8 Å². The molecule has 5 rings (SSSR count). The molecule has 11 nitrogen and oxygen atoms in total. The number of nitrogens with zero attached hydrogens (tertiary/aromatic N) is 2. The van der Waals surface area contributed by atoms with Gasteiger partial charge in [0.05, 0.1) is 12.8 Å². The van der Waals surface area contributed by atoms with E-state index in [0.717, 1.165) is 37.2 Å². The first-order valence-electron chi connectivity index (χ1n) is 12.1. The van der Waals surface area contributed by atoms with Gasteiger partial charge in [-0.25, -0.2) is 0 Å². The van der Waals surface area contributed by atoms with Gasteiger partial charge in [-0.2, -0.15) is 4.37 Å². The average molecular weight is 538 g/mol. The predicted molar refractivity (Wildman–Crippen MR) is 141 cm³/mol. The Morgan fingerprint density at radius 1 is 1.11 bits per heavy atom. The van der Waals surface area contributed by atoms with E-state index in [2.05, 4.69) is 9.69 Å². The summed E-state index contributed by atoms with van der Waals surface area (Å²) >= 11 is 0.750. The number of aromatic nitrogens is 1. The van der Waals surface area contributed by atoms with Gasteiger partial charge in [0.15, 0.2) is 17.2 Å². The highest BCUT2D eigenvalue weighted by atomic mass is 32.1. The maximum Gasteiger partial charge on any atom is 0.273 e. The lowest BCUT2D eigenvalue weighted by Gasteiger charge is -2.32. The van der Waals surface area contributed by atoms with Crippen molar-refractivity contribution in [3.05, 3.63) is 58.6 Å². The van der Waals surface area contributed by atoms with Gasteiger partial charge < -0.3 is 31.0 Å². The smallest absolute Gasteiger partial charge is 0.273 e. The molecule has 12 heteroatoms. The molecule has 0 spiro atoms. The maximum absolute atomic E-state index is 14.2. The van der Waals surface area contributed by atoms with E-state index in [1.807, 2.05) is 0 Å². The topological polar surface area (TPSA) is 159 Å². The normalized spacial score (nSPS) is 15.2. The van der Waals surface area contributed by atoms with Crippen molar-refractivity contribution in [2.45, 2.75) is 37.8 Å². The second-order valence-electron chi connectivity index (χ2n) is 9.02. The molecule has 2 heterocycles. The van der Waals surface area contributed by atoms with E-state index in [0.29, 0.717) is 28.5 Å². The van der Waals surface area contributed by atoms with Crippen LogP contribution in [0.4, 0.5) is 11.4 Å². The van der Waals surface area contributed by atoms with E-state index in [4.69, 9.17) is 25.7 Å². The minimum absolute atomic E-state index is 0.00638. The lowest BCUT2D eigenvalue weighted by molar-refractivity contribution is -0.123. The zero-order valence-electron chi connectivity index (χ0n) is 20.6. The Morgan fingerprint density at radius 2 is 1.82 bits per heavy atom. The van der Waals surface area contributed by atoms with Crippen molar-refractivity contribution >= 4 is 40.6 Å². The summed E-state index contributed by atoms with van der Waals surface area (Å²) in [6.45, 7) is 0.0422. The molecule has 2 aromatic carbocycles. The van der Waals surface area contributed by atoms with Crippen molar-refractivity contribution in [2.75, 3.05) is 24.5 Å². The summed E-state index contributed by atoms with van der Waals surface area (Å²) in [6, 6.07) is 10.8. The lowest BCUT2D eigenvalue weighted by atomic mass is 10.0. The number of primary amides is 1. The average Bonchev–Trinajstić information content (AvgIpc) is 3.67. The molecule has 1 aromatic heterocycles. The summed E-state index contributed by atoms with van der Waals surface area (Å²) in [4.78, 5) is 41.2. The van der Waals surface area contributed by atoms with Crippen molar-refractivity contribution in [3.63, 3.8) is 0 Å². The highest BCUT2D eigenvalue weighted by Gasteiger charge is 2.37. The summed E-state index contributed by atoms with van der Waals surface area (Å²) in [6.07, 6.45) is 3.78. The monoisotopic (exact) mass is 537 g/mol. The van der Waals surface area contributed by atoms with Gasteiger partial charge in [-0.15, -0.1) is 0 Å². The number of hydrogen-bond acceptors (Lipinski definition) is 9. The van der Waals surface area contributed by atoms with Crippen LogP contribution in [0.15, 0.2) is 42.5 Å². The second-order valence-corrected chi connectivity index (χ2v) is 9.79. The largest absolute Gasteiger partial charge is 0.497 e. The highest BCUT2D eigenvalue weighted by Crippen LogP contribution is 2.40. The fourth-order valence-corrected chi connectivity index (χ4v) is 5.45. The third-order valence-electron chi connectivity index (χ3n) is 6.65. The van der Waals surface area contributed by atoms with Crippen molar-refractivity contribution in [2.24, 2.45) is 5.73 Å². The molecule has 3 aromatic rings. The van der Waals surface area contributed by atoms with Crippen LogP contribution in [0.3, 0.4) is 0 Å².